The van der Waals surface area contributed by atoms with Gasteiger partial charge in [0.05, 0.1) is 33.1 Å². The molecule has 0 aromatic rings. The molecular weight excluding hydrogens is 335 g/mol. The summed E-state index contributed by atoms with van der Waals surface area (Å²) in [6, 6.07) is 1.57. The van der Waals surface area contributed by atoms with Crippen LogP contribution >= 0.6 is 7.82 Å². The van der Waals surface area contributed by atoms with E-state index in [1.807, 2.05) is 0 Å². The van der Waals surface area contributed by atoms with Crippen LogP contribution in [-0.2, 0) is 9.09 Å². The third-order valence-electron chi connectivity index (χ3n) is 4.09. The number of rotatable bonds is 4. The number of hydrogen-bond donors (Lipinski definition) is 4. The molecule has 0 unspecified atom stereocenters. The fourth-order valence-corrected chi connectivity index (χ4v) is 2.96. The molecule has 0 radical (unpaired) electrons. The first-order valence-electron chi connectivity index (χ1n) is 8.86. The fourth-order valence-electron chi connectivity index (χ4n) is 2.60. The van der Waals surface area contributed by atoms with E-state index in [1.165, 1.54) is 64.2 Å². The first kappa shape index (κ1) is 23.9. The maximum Gasteiger partial charge on any atom is 0.101 e. The summed E-state index contributed by atoms with van der Waals surface area (Å²) < 4.78 is 13.3. The van der Waals surface area contributed by atoms with Crippen LogP contribution in [0.3, 0.4) is 0 Å². The number of aliphatic hydroxyl groups excluding tert-OH is 2. The summed E-state index contributed by atoms with van der Waals surface area (Å²) in [6.07, 6.45) is 12.8. The molecule has 2 rings (SSSR count). The zero-order chi connectivity index (χ0) is 18.4. The first-order valence-corrected chi connectivity index (χ1v) is 10.3. The molecule has 2 fully saturated rings. The Morgan fingerprint density at radius 2 is 1.33 bits per heavy atom. The van der Waals surface area contributed by atoms with Crippen molar-refractivity contribution in [1.29, 1.82) is 0 Å². The minimum absolute atomic E-state index is 0.639. The topological polar surface area (TPSA) is 168 Å². The van der Waals surface area contributed by atoms with Crippen LogP contribution in [0, 0.1) is 0 Å². The van der Waals surface area contributed by atoms with E-state index in [-0.39, 0.29) is 0 Å². The van der Waals surface area contributed by atoms with Crippen molar-refractivity contribution in [3.05, 3.63) is 0 Å². The van der Waals surface area contributed by atoms with Gasteiger partial charge in [-0.1, -0.05) is 12.8 Å². The van der Waals surface area contributed by atoms with E-state index in [0.717, 1.165) is 12.1 Å². The molecule has 0 spiro atoms. The number of quaternary nitrogens is 2. The molecule has 0 bridgehead atoms. The smallest absolute Gasteiger partial charge is 0.101 e. The average Bonchev–Trinajstić information content (AvgIpc) is 2.54. The van der Waals surface area contributed by atoms with E-state index < -0.39 is 27.1 Å². The maximum atomic E-state index is 9.71. The molecule has 2 saturated carbocycles. The molecule has 2 aliphatic carbocycles. The number of aliphatic hydroxyl groups is 2. The summed E-state index contributed by atoms with van der Waals surface area (Å²) in [5.74, 6) is 0. The molecule has 0 aromatic heterocycles. The Hall–Kier alpha value is -0.0500. The Labute approximate surface area is 144 Å². The van der Waals surface area contributed by atoms with E-state index in [4.69, 9.17) is 10.2 Å². The highest BCUT2D eigenvalue weighted by Crippen LogP contribution is 2.24. The van der Waals surface area contributed by atoms with E-state index in [0.29, 0.717) is 0 Å². The van der Waals surface area contributed by atoms with E-state index >= 15 is 0 Å². The normalized spacial score (nSPS) is 21.1. The van der Waals surface area contributed by atoms with Crippen molar-refractivity contribution >= 4 is 7.82 Å². The molecule has 9 heteroatoms. The second-order valence-corrected chi connectivity index (χ2v) is 7.74. The Morgan fingerprint density at radius 3 is 1.54 bits per heavy atom. The average molecular weight is 370 g/mol. The molecule has 0 heterocycles. The summed E-state index contributed by atoms with van der Waals surface area (Å²) in [5.41, 5.74) is 8.00. The summed E-state index contributed by atoms with van der Waals surface area (Å²) in [4.78, 5) is 19.4. The third kappa shape index (κ3) is 16.8. The molecule has 0 aliphatic heterocycles. The van der Waals surface area contributed by atoms with Gasteiger partial charge in [-0.15, -0.1) is 0 Å². The number of phosphoric acid groups is 1. The van der Waals surface area contributed by atoms with Crippen LogP contribution in [0.2, 0.25) is 0 Å². The molecule has 0 amide bonds. The zero-order valence-corrected chi connectivity index (χ0v) is 15.5. The zero-order valence-electron chi connectivity index (χ0n) is 14.6. The van der Waals surface area contributed by atoms with Gasteiger partial charge in [0.2, 0.25) is 0 Å². The van der Waals surface area contributed by atoms with Gasteiger partial charge in [0.15, 0.2) is 0 Å². The van der Waals surface area contributed by atoms with Crippen molar-refractivity contribution in [2.24, 2.45) is 0 Å². The van der Waals surface area contributed by atoms with Crippen molar-refractivity contribution in [3.8, 4) is 0 Å². The predicted molar refractivity (Wildman–Crippen MR) is 86.2 cm³/mol. The van der Waals surface area contributed by atoms with Gasteiger partial charge in [0.25, 0.3) is 0 Å². The molecule has 24 heavy (non-hydrogen) atoms. The lowest BCUT2D eigenvalue weighted by atomic mass is 9.97. The lowest BCUT2D eigenvalue weighted by Gasteiger charge is -2.29. The van der Waals surface area contributed by atoms with Gasteiger partial charge >= 0.3 is 0 Å². The first-order chi connectivity index (χ1) is 11.2. The summed E-state index contributed by atoms with van der Waals surface area (Å²) in [6.45, 7) is -1.33. The highest BCUT2D eigenvalue weighted by atomic mass is 31.2. The minimum Gasteiger partial charge on any atom is -0.790 e. The lowest BCUT2D eigenvalue weighted by molar-refractivity contribution is -0.425. The Morgan fingerprint density at radius 1 is 0.958 bits per heavy atom. The largest absolute Gasteiger partial charge is 0.790 e. The monoisotopic (exact) mass is 370 g/mol. The second kappa shape index (κ2) is 14.2. The Bertz CT molecular complexity index is 314. The molecule has 2 aliphatic rings. The van der Waals surface area contributed by atoms with Gasteiger partial charge < -0.3 is 40.6 Å². The lowest BCUT2D eigenvalue weighted by Crippen LogP contribution is -2.61. The Kier molecular flexibility index (Phi) is 14.1. The molecule has 8 nitrogen and oxygen atoms in total. The van der Waals surface area contributed by atoms with Crippen molar-refractivity contribution in [2.45, 2.75) is 82.4 Å². The highest BCUT2D eigenvalue weighted by molar-refractivity contribution is 7.43. The van der Waals surface area contributed by atoms with Crippen molar-refractivity contribution < 1.29 is 40.6 Å². The van der Waals surface area contributed by atoms with Gasteiger partial charge in [-0.2, -0.15) is 0 Å². The maximum absolute atomic E-state index is 9.71. The molecule has 0 aromatic carbocycles. The van der Waals surface area contributed by atoms with E-state index in [9.17, 15) is 14.4 Å². The van der Waals surface area contributed by atoms with E-state index in [2.05, 4.69) is 16.0 Å². The number of hydrogen-bond acceptors (Lipinski definition) is 6. The quantitative estimate of drug-likeness (QED) is 0.430. The van der Waals surface area contributed by atoms with Gasteiger partial charge in [-0.3, -0.25) is 0 Å². The summed E-state index contributed by atoms with van der Waals surface area (Å²) in [7, 11) is -5.00. The fraction of sp³-hybridized carbons (Fsp3) is 1.00. The molecule has 8 N–H and O–H groups in total. The van der Waals surface area contributed by atoms with Gasteiger partial charge in [0.1, 0.15) is 6.10 Å². The van der Waals surface area contributed by atoms with Crippen LogP contribution in [0.5, 0.6) is 0 Å². The third-order valence-corrected chi connectivity index (χ3v) is 4.55. The standard InChI is InChI=1S/2C6H13N.C3H9O6P/c2*7-6-4-2-1-3-5-6;4-1-3(5)2-9-10(6,7)8/h2*6H,1-5,7H2;3-5H,1-2H2,(H2,6,7,8)/t;;3-/m..1/s1. The van der Waals surface area contributed by atoms with Crippen LogP contribution in [0.4, 0.5) is 0 Å². The van der Waals surface area contributed by atoms with Crippen LogP contribution in [0.15, 0.2) is 0 Å². The molecule has 1 atom stereocenters. The second-order valence-electron chi connectivity index (χ2n) is 6.59. The predicted octanol–water partition coefficient (Wildman–Crippen LogP) is -1.69. The SMILES string of the molecule is O=P([O-])([O-])OC[C@H](O)CO.[NH3+]C1CCCCC1.[NH3+]C1CCCCC1. The molecule has 0 saturated heterocycles. The van der Waals surface area contributed by atoms with Crippen LogP contribution in [0.1, 0.15) is 64.2 Å². The van der Waals surface area contributed by atoms with Gasteiger partial charge in [-0.25, -0.2) is 0 Å². The summed E-state index contributed by atoms with van der Waals surface area (Å²) >= 11 is 0. The van der Waals surface area contributed by atoms with Crippen molar-refractivity contribution in [3.63, 3.8) is 0 Å². The van der Waals surface area contributed by atoms with Crippen molar-refractivity contribution in [2.75, 3.05) is 13.2 Å². The summed E-state index contributed by atoms with van der Waals surface area (Å²) in [5, 5.41) is 16.6. The number of phosphoric ester groups is 1. The van der Waals surface area contributed by atoms with Crippen LogP contribution in [-0.4, -0.2) is 41.6 Å². The van der Waals surface area contributed by atoms with Crippen LogP contribution < -0.4 is 21.3 Å². The highest BCUT2D eigenvalue weighted by Gasteiger charge is 2.10. The van der Waals surface area contributed by atoms with E-state index in [1.54, 1.807) is 0 Å². The molecular formula is C15H35N2O6P. The van der Waals surface area contributed by atoms with Crippen LogP contribution in [0.25, 0.3) is 0 Å². The van der Waals surface area contributed by atoms with Crippen molar-refractivity contribution in [1.82, 2.24) is 0 Å². The van der Waals surface area contributed by atoms with Gasteiger partial charge in [-0.05, 0) is 51.4 Å². The minimum atomic E-state index is -5.00. The molecule has 146 valence electrons. The van der Waals surface area contributed by atoms with Gasteiger partial charge in [0, 0.05) is 0 Å². The Balaban J connectivity index is 0.000000337.